The molecule has 0 saturated carbocycles. The number of sulfonamides is 1. The molecule has 1 aromatic carbocycles. The molecule has 1 atom stereocenters. The van der Waals surface area contributed by atoms with Crippen molar-refractivity contribution < 1.29 is 8.42 Å². The van der Waals surface area contributed by atoms with Crippen LogP contribution in [-0.4, -0.2) is 33.8 Å². The molecule has 1 saturated heterocycles. The summed E-state index contributed by atoms with van der Waals surface area (Å²) in [5, 5.41) is 0.782. The Morgan fingerprint density at radius 1 is 1.18 bits per heavy atom. The van der Waals surface area contributed by atoms with Crippen LogP contribution in [-0.2, 0) is 23.5 Å². The van der Waals surface area contributed by atoms with Crippen molar-refractivity contribution in [2.45, 2.75) is 30.3 Å². The van der Waals surface area contributed by atoms with Gasteiger partial charge in [0.25, 0.3) is 10.0 Å². The van der Waals surface area contributed by atoms with E-state index in [0.29, 0.717) is 18.0 Å². The topological polar surface area (TPSA) is 68.1 Å². The van der Waals surface area contributed by atoms with Crippen LogP contribution in [0.5, 0.6) is 0 Å². The molecular formula is C20H21ClN4O2S. The van der Waals surface area contributed by atoms with Gasteiger partial charge in [0, 0.05) is 36.9 Å². The van der Waals surface area contributed by atoms with Crippen LogP contribution in [0.15, 0.2) is 60.0 Å². The van der Waals surface area contributed by atoms with Gasteiger partial charge in [-0.05, 0) is 36.6 Å². The Labute approximate surface area is 169 Å². The van der Waals surface area contributed by atoms with E-state index in [4.69, 9.17) is 16.6 Å². The van der Waals surface area contributed by atoms with Crippen LogP contribution in [0.2, 0.25) is 5.02 Å². The van der Waals surface area contributed by atoms with Crippen molar-refractivity contribution in [3.05, 3.63) is 77.0 Å². The molecular weight excluding hydrogens is 396 g/mol. The van der Waals surface area contributed by atoms with Crippen molar-refractivity contribution in [3.63, 3.8) is 0 Å². The third kappa shape index (κ3) is 3.70. The minimum Gasteiger partial charge on any atom is -0.339 e. The number of hydrogen-bond donors (Lipinski definition) is 0. The van der Waals surface area contributed by atoms with Crippen molar-refractivity contribution in [1.29, 1.82) is 0 Å². The largest absolute Gasteiger partial charge is 0.339 e. The molecule has 0 bridgehead atoms. The zero-order chi connectivity index (χ0) is 19.7. The van der Waals surface area contributed by atoms with Gasteiger partial charge in [0.05, 0.1) is 18.1 Å². The van der Waals surface area contributed by atoms with Gasteiger partial charge in [-0.15, -0.1) is 0 Å². The van der Waals surface area contributed by atoms with E-state index in [9.17, 15) is 8.42 Å². The minimum atomic E-state index is -3.65. The molecule has 8 heteroatoms. The number of aryl methyl sites for hydroxylation is 1. The molecule has 0 aliphatic carbocycles. The van der Waals surface area contributed by atoms with E-state index < -0.39 is 10.0 Å². The summed E-state index contributed by atoms with van der Waals surface area (Å²) in [5.41, 5.74) is 2.63. The number of imidazole rings is 1. The molecule has 146 valence electrons. The van der Waals surface area contributed by atoms with E-state index >= 15 is 0 Å². The average Bonchev–Trinajstić information content (AvgIpc) is 3.34. The molecule has 0 radical (unpaired) electrons. The van der Waals surface area contributed by atoms with Crippen LogP contribution < -0.4 is 0 Å². The van der Waals surface area contributed by atoms with Gasteiger partial charge in [-0.3, -0.25) is 4.98 Å². The first kappa shape index (κ1) is 19.1. The maximum Gasteiger partial charge on any atom is 0.262 e. The van der Waals surface area contributed by atoms with Gasteiger partial charge < -0.3 is 4.57 Å². The lowest BCUT2D eigenvalue weighted by molar-refractivity contribution is 0.388. The number of aromatic nitrogens is 3. The standard InChI is InChI=1S/C20H21ClN4O2S/c1-24-13-20(22-14-24)28(26,27)25-11-5-10-19(25)18-9-4-7-16(23-18)12-15-6-2-3-8-17(15)21/h2-4,6-9,13-14,19H,5,10-12H2,1H3/t19-/m0/s1. The molecule has 28 heavy (non-hydrogen) atoms. The Balaban J connectivity index is 1.62. The van der Waals surface area contributed by atoms with Gasteiger partial charge in [-0.2, -0.15) is 4.31 Å². The van der Waals surface area contributed by atoms with Crippen molar-refractivity contribution in [2.75, 3.05) is 6.54 Å². The normalized spacial score (nSPS) is 17.9. The van der Waals surface area contributed by atoms with Crippen LogP contribution in [0.1, 0.15) is 35.8 Å². The molecule has 2 aromatic heterocycles. The summed E-state index contributed by atoms with van der Waals surface area (Å²) >= 11 is 6.27. The monoisotopic (exact) mass is 416 g/mol. The zero-order valence-corrected chi connectivity index (χ0v) is 17.1. The number of pyridine rings is 1. The summed E-state index contributed by atoms with van der Waals surface area (Å²) in [6.07, 6.45) is 5.18. The quantitative estimate of drug-likeness (QED) is 0.637. The molecule has 0 N–H and O–H groups in total. The fraction of sp³-hybridized carbons (Fsp3) is 0.300. The van der Waals surface area contributed by atoms with Crippen LogP contribution in [0.4, 0.5) is 0 Å². The van der Waals surface area contributed by atoms with Gasteiger partial charge >= 0.3 is 0 Å². The van der Waals surface area contributed by atoms with Gasteiger partial charge in [-0.25, -0.2) is 13.4 Å². The lowest BCUT2D eigenvalue weighted by atomic mass is 10.1. The van der Waals surface area contributed by atoms with Gasteiger partial charge in [0.15, 0.2) is 5.03 Å². The van der Waals surface area contributed by atoms with Crippen LogP contribution in [0, 0.1) is 0 Å². The first-order valence-corrected chi connectivity index (χ1v) is 11.0. The van der Waals surface area contributed by atoms with Crippen molar-refractivity contribution in [1.82, 2.24) is 18.8 Å². The van der Waals surface area contributed by atoms with Gasteiger partial charge in [0.1, 0.15) is 0 Å². The van der Waals surface area contributed by atoms with Crippen LogP contribution in [0.3, 0.4) is 0 Å². The first-order chi connectivity index (χ1) is 13.4. The molecule has 1 aliphatic rings. The highest BCUT2D eigenvalue weighted by Crippen LogP contribution is 2.35. The number of halogens is 1. The second-order valence-electron chi connectivity index (χ2n) is 6.97. The molecule has 0 unspecified atom stereocenters. The van der Waals surface area contributed by atoms with Crippen LogP contribution >= 0.6 is 11.6 Å². The number of rotatable bonds is 5. The Kier molecular flexibility index (Phi) is 5.23. The van der Waals surface area contributed by atoms with Crippen molar-refractivity contribution in [2.24, 2.45) is 7.05 Å². The molecule has 3 heterocycles. The third-order valence-corrected chi connectivity index (χ3v) is 7.12. The summed E-state index contributed by atoms with van der Waals surface area (Å²) in [6.45, 7) is 0.472. The Bertz CT molecular complexity index is 1100. The number of nitrogens with zero attached hydrogens (tertiary/aromatic N) is 4. The van der Waals surface area contributed by atoms with E-state index in [2.05, 4.69) is 4.98 Å². The van der Waals surface area contributed by atoms with E-state index in [-0.39, 0.29) is 11.1 Å². The molecule has 0 spiro atoms. The highest BCUT2D eigenvalue weighted by atomic mass is 35.5. The summed E-state index contributed by atoms with van der Waals surface area (Å²) in [5.74, 6) is 0. The summed E-state index contributed by atoms with van der Waals surface area (Å²) < 4.78 is 29.3. The fourth-order valence-electron chi connectivity index (χ4n) is 3.58. The molecule has 1 fully saturated rings. The maximum atomic E-state index is 13.1. The van der Waals surface area contributed by atoms with E-state index in [1.165, 1.54) is 16.8 Å². The predicted molar refractivity (Wildman–Crippen MR) is 108 cm³/mol. The van der Waals surface area contributed by atoms with Crippen LogP contribution in [0.25, 0.3) is 0 Å². The highest BCUT2D eigenvalue weighted by molar-refractivity contribution is 7.89. The molecule has 6 nitrogen and oxygen atoms in total. The lowest BCUT2D eigenvalue weighted by Gasteiger charge is -2.23. The lowest BCUT2D eigenvalue weighted by Crippen LogP contribution is -2.31. The average molecular weight is 417 g/mol. The van der Waals surface area contributed by atoms with Gasteiger partial charge in [0.2, 0.25) is 0 Å². The third-order valence-electron chi connectivity index (χ3n) is 4.96. The van der Waals surface area contributed by atoms with E-state index in [0.717, 1.165) is 29.8 Å². The predicted octanol–water partition coefficient (Wildman–Crippen LogP) is 3.59. The smallest absolute Gasteiger partial charge is 0.262 e. The zero-order valence-electron chi connectivity index (χ0n) is 15.5. The Hall–Kier alpha value is -2.22. The summed E-state index contributed by atoms with van der Waals surface area (Å²) in [4.78, 5) is 8.80. The highest BCUT2D eigenvalue weighted by Gasteiger charge is 2.38. The summed E-state index contributed by atoms with van der Waals surface area (Å²) in [6, 6.07) is 13.2. The Morgan fingerprint density at radius 2 is 2.00 bits per heavy atom. The van der Waals surface area contributed by atoms with E-state index in [1.807, 2.05) is 42.5 Å². The maximum absolute atomic E-state index is 13.1. The van der Waals surface area contributed by atoms with Crippen molar-refractivity contribution >= 4 is 21.6 Å². The minimum absolute atomic E-state index is 0.0779. The summed E-state index contributed by atoms with van der Waals surface area (Å²) in [7, 11) is -1.90. The number of benzene rings is 1. The SMILES string of the molecule is Cn1cnc(S(=O)(=O)N2CCC[C@H]2c2cccc(Cc3ccccc3Cl)n2)c1. The molecule has 3 aromatic rings. The number of hydrogen-bond acceptors (Lipinski definition) is 4. The van der Waals surface area contributed by atoms with E-state index in [1.54, 1.807) is 11.6 Å². The molecule has 4 rings (SSSR count). The molecule has 0 amide bonds. The van der Waals surface area contributed by atoms with Gasteiger partial charge in [-0.1, -0.05) is 35.9 Å². The van der Waals surface area contributed by atoms with Crippen molar-refractivity contribution in [3.8, 4) is 0 Å². The molecule has 1 aliphatic heterocycles. The second kappa shape index (κ2) is 7.66. The fourth-order valence-corrected chi connectivity index (χ4v) is 5.43. The Morgan fingerprint density at radius 3 is 2.75 bits per heavy atom. The first-order valence-electron chi connectivity index (χ1n) is 9.14. The second-order valence-corrected chi connectivity index (χ2v) is 9.22.